The van der Waals surface area contributed by atoms with Crippen LogP contribution < -0.4 is 16.0 Å². The highest BCUT2D eigenvalue weighted by Crippen LogP contribution is 2.28. The first-order valence-electron chi connectivity index (χ1n) is 20.4. The van der Waals surface area contributed by atoms with Gasteiger partial charge in [-0.2, -0.15) is 0 Å². The highest BCUT2D eigenvalue weighted by atomic mass is 31.1. The SMILES string of the molecule is CCCCCCCCCCCCNC(=O)C[C@H](CC1CC(=O)N(CCC(=O)NCCOCCOCCC(=O)NCCCCCCOPOC)C1=O)C(C)=O. The van der Waals surface area contributed by atoms with Gasteiger partial charge in [0, 0.05) is 70.8 Å². The van der Waals surface area contributed by atoms with E-state index in [1.54, 1.807) is 7.11 Å². The zero-order valence-electron chi connectivity index (χ0n) is 33.5. The molecule has 14 nitrogen and oxygen atoms in total. The highest BCUT2D eigenvalue weighted by molar-refractivity contribution is 7.26. The van der Waals surface area contributed by atoms with Crippen LogP contribution in [0.2, 0.25) is 0 Å². The summed E-state index contributed by atoms with van der Waals surface area (Å²) in [5, 5.41) is 8.50. The van der Waals surface area contributed by atoms with Crippen LogP contribution in [0.25, 0.3) is 0 Å². The molecular formula is C39H71N4O10P. The molecule has 0 bridgehead atoms. The van der Waals surface area contributed by atoms with Gasteiger partial charge in [0.05, 0.1) is 33.0 Å². The normalized spacial score (nSPS) is 14.9. The van der Waals surface area contributed by atoms with Crippen molar-refractivity contribution in [2.24, 2.45) is 11.8 Å². The number of carbonyl (C=O) groups is 6. The molecule has 0 radical (unpaired) electrons. The molecular weight excluding hydrogens is 715 g/mol. The van der Waals surface area contributed by atoms with Crippen molar-refractivity contribution >= 4 is 44.4 Å². The molecule has 0 aromatic carbocycles. The van der Waals surface area contributed by atoms with Crippen LogP contribution in [-0.4, -0.2) is 107 Å². The largest absolute Gasteiger partial charge is 0.379 e. The second-order valence-electron chi connectivity index (χ2n) is 14.0. The van der Waals surface area contributed by atoms with Crippen molar-refractivity contribution in [3.05, 3.63) is 0 Å². The number of hydrogen-bond acceptors (Lipinski definition) is 10. The molecule has 2 unspecified atom stereocenters. The molecule has 0 saturated carbocycles. The number of nitrogens with zero attached hydrogens (tertiary/aromatic N) is 1. The number of hydrogen-bond donors (Lipinski definition) is 3. The van der Waals surface area contributed by atoms with Gasteiger partial charge in [-0.3, -0.25) is 33.7 Å². The molecule has 312 valence electrons. The van der Waals surface area contributed by atoms with Crippen molar-refractivity contribution in [3.8, 4) is 0 Å². The van der Waals surface area contributed by atoms with Gasteiger partial charge in [-0.1, -0.05) is 77.6 Å². The lowest BCUT2D eigenvalue weighted by Crippen LogP contribution is -2.36. The number of carbonyl (C=O) groups excluding carboxylic acids is 6. The summed E-state index contributed by atoms with van der Waals surface area (Å²) in [6.07, 6.45) is 16.4. The summed E-state index contributed by atoms with van der Waals surface area (Å²) < 4.78 is 21.0. The Labute approximate surface area is 326 Å². The summed E-state index contributed by atoms with van der Waals surface area (Å²) in [6.45, 7) is 6.93. The number of amides is 5. The number of nitrogens with one attached hydrogen (secondary N) is 3. The average molecular weight is 787 g/mol. The summed E-state index contributed by atoms with van der Waals surface area (Å²) in [4.78, 5) is 75.9. The second kappa shape index (κ2) is 33.8. The van der Waals surface area contributed by atoms with Crippen molar-refractivity contribution in [2.75, 3.05) is 66.3 Å². The number of likely N-dealkylation sites (tertiary alicyclic amines) is 1. The van der Waals surface area contributed by atoms with Crippen LogP contribution in [-0.2, 0) is 47.3 Å². The fourth-order valence-electron chi connectivity index (χ4n) is 6.16. The van der Waals surface area contributed by atoms with Crippen molar-refractivity contribution in [3.63, 3.8) is 0 Å². The van der Waals surface area contributed by atoms with Gasteiger partial charge in [0.1, 0.15) is 5.78 Å². The van der Waals surface area contributed by atoms with Crippen molar-refractivity contribution in [1.82, 2.24) is 20.9 Å². The molecule has 54 heavy (non-hydrogen) atoms. The minimum atomic E-state index is -0.679. The molecule has 0 aromatic rings. The monoisotopic (exact) mass is 786 g/mol. The Hall–Kier alpha value is -2.51. The summed E-state index contributed by atoms with van der Waals surface area (Å²) in [6, 6.07) is 0. The Morgan fingerprint density at radius 1 is 0.704 bits per heavy atom. The van der Waals surface area contributed by atoms with Crippen LogP contribution in [0, 0.1) is 11.8 Å². The van der Waals surface area contributed by atoms with Gasteiger partial charge < -0.3 is 34.5 Å². The maximum absolute atomic E-state index is 13.0. The van der Waals surface area contributed by atoms with Crippen LogP contribution in [0.4, 0.5) is 0 Å². The third-order valence-electron chi connectivity index (χ3n) is 9.38. The summed E-state index contributed by atoms with van der Waals surface area (Å²) in [7, 11) is 1.70. The minimum Gasteiger partial charge on any atom is -0.379 e. The molecule has 5 amide bonds. The van der Waals surface area contributed by atoms with E-state index in [1.165, 1.54) is 51.9 Å². The van der Waals surface area contributed by atoms with Crippen LogP contribution in [0.3, 0.4) is 0 Å². The Morgan fingerprint density at radius 2 is 1.26 bits per heavy atom. The van der Waals surface area contributed by atoms with Gasteiger partial charge in [0.25, 0.3) is 0 Å². The van der Waals surface area contributed by atoms with Crippen LogP contribution in [0.1, 0.15) is 136 Å². The Morgan fingerprint density at radius 3 is 1.89 bits per heavy atom. The third kappa shape index (κ3) is 26.3. The number of imide groups is 1. The van der Waals surface area contributed by atoms with E-state index < -0.39 is 17.7 Å². The van der Waals surface area contributed by atoms with E-state index in [9.17, 15) is 28.8 Å². The average Bonchev–Trinajstić information content (AvgIpc) is 3.41. The number of Topliss-reactive ketones (excluding diaryl/α,β-unsaturated/α-hetero) is 1. The Balaban J connectivity index is 2.11. The van der Waals surface area contributed by atoms with Crippen molar-refractivity contribution in [1.29, 1.82) is 0 Å². The number of ether oxygens (including phenoxy) is 2. The zero-order chi connectivity index (χ0) is 39.7. The predicted molar refractivity (Wildman–Crippen MR) is 210 cm³/mol. The lowest BCUT2D eigenvalue weighted by molar-refractivity contribution is -0.140. The number of rotatable bonds is 37. The third-order valence-corrected chi connectivity index (χ3v) is 9.87. The highest BCUT2D eigenvalue weighted by Gasteiger charge is 2.40. The Bertz CT molecular complexity index is 1070. The number of ketones is 1. The maximum Gasteiger partial charge on any atom is 0.232 e. The predicted octanol–water partition coefficient (Wildman–Crippen LogP) is 5.16. The van der Waals surface area contributed by atoms with Crippen LogP contribution >= 0.6 is 9.03 Å². The smallest absolute Gasteiger partial charge is 0.232 e. The molecule has 0 spiro atoms. The summed E-state index contributed by atoms with van der Waals surface area (Å²) in [5.41, 5.74) is 0. The van der Waals surface area contributed by atoms with Gasteiger partial charge >= 0.3 is 0 Å². The van der Waals surface area contributed by atoms with Gasteiger partial charge in [-0.25, -0.2) is 0 Å². The standard InChI is InChI=1S/C39H71N4O10P/c1-4-5-6-7-8-9-10-11-12-15-21-41-37(47)30-33(32(2)44)29-34-31-38(48)43(39(34)49)23-18-35(45)42-22-26-52-28-27-51-25-19-36(46)40-20-16-13-14-17-24-53-54-50-3/h33-34,54H,4-31H2,1-3H3,(H,40,46)(H,41,47)(H,42,45)/t33-,34?/m0/s1. The molecule has 0 aliphatic carbocycles. The molecule has 1 aliphatic rings. The van der Waals surface area contributed by atoms with Gasteiger partial charge in [-0.15, -0.1) is 0 Å². The molecule has 1 heterocycles. The molecule has 0 aromatic heterocycles. The molecule has 15 heteroatoms. The van der Waals surface area contributed by atoms with Crippen molar-refractivity contribution < 1.29 is 47.3 Å². The van der Waals surface area contributed by atoms with E-state index >= 15 is 0 Å². The summed E-state index contributed by atoms with van der Waals surface area (Å²) in [5.74, 6) is -2.86. The molecule has 3 N–H and O–H groups in total. The Kier molecular flexibility index (Phi) is 31.0. The molecule has 1 fully saturated rings. The van der Waals surface area contributed by atoms with Gasteiger partial charge in [0.15, 0.2) is 9.03 Å². The molecule has 1 aliphatic heterocycles. The van der Waals surface area contributed by atoms with E-state index in [1.807, 2.05) is 0 Å². The quantitative estimate of drug-likeness (QED) is 0.0433. The van der Waals surface area contributed by atoms with Crippen LogP contribution in [0.5, 0.6) is 0 Å². The minimum absolute atomic E-state index is 0.00671. The maximum atomic E-state index is 13.0. The first-order chi connectivity index (χ1) is 26.2. The van der Waals surface area contributed by atoms with Crippen molar-refractivity contribution in [2.45, 2.75) is 136 Å². The topological polar surface area (TPSA) is 179 Å². The van der Waals surface area contributed by atoms with E-state index in [-0.39, 0.29) is 90.2 Å². The second-order valence-corrected chi connectivity index (χ2v) is 14.9. The molecule has 1 saturated heterocycles. The summed E-state index contributed by atoms with van der Waals surface area (Å²) >= 11 is 0. The van der Waals surface area contributed by atoms with Crippen LogP contribution in [0.15, 0.2) is 0 Å². The molecule has 1 rings (SSSR count). The first kappa shape index (κ1) is 49.5. The zero-order valence-corrected chi connectivity index (χ0v) is 34.5. The van der Waals surface area contributed by atoms with Gasteiger partial charge in [0.2, 0.25) is 29.5 Å². The van der Waals surface area contributed by atoms with E-state index in [0.717, 1.165) is 49.8 Å². The van der Waals surface area contributed by atoms with Gasteiger partial charge in [-0.05, 0) is 32.6 Å². The first-order valence-corrected chi connectivity index (χ1v) is 21.2. The van der Waals surface area contributed by atoms with E-state index in [0.29, 0.717) is 39.5 Å². The lowest BCUT2D eigenvalue weighted by atomic mass is 9.88. The fraction of sp³-hybridized carbons (Fsp3) is 0.846. The molecule has 3 atom stereocenters. The van der Waals surface area contributed by atoms with E-state index in [2.05, 4.69) is 22.9 Å². The lowest BCUT2D eigenvalue weighted by Gasteiger charge is -2.18. The fourth-order valence-corrected chi connectivity index (χ4v) is 6.51. The van der Waals surface area contributed by atoms with E-state index in [4.69, 9.17) is 18.5 Å². The number of unbranched alkanes of at least 4 members (excludes halogenated alkanes) is 12.